The molecule has 0 saturated heterocycles. The summed E-state index contributed by atoms with van der Waals surface area (Å²) in [7, 11) is 0. The van der Waals surface area contributed by atoms with Gasteiger partial charge in [-0.2, -0.15) is 0 Å². The second kappa shape index (κ2) is 4.81. The van der Waals surface area contributed by atoms with Gasteiger partial charge in [-0.05, 0) is 13.3 Å². The fourth-order valence-electron chi connectivity index (χ4n) is 0.368. The summed E-state index contributed by atoms with van der Waals surface area (Å²) in [5.74, 6) is 0. The van der Waals surface area contributed by atoms with Crippen LogP contribution in [0.15, 0.2) is 12.2 Å². The van der Waals surface area contributed by atoms with Crippen LogP contribution in [0.25, 0.3) is 0 Å². The summed E-state index contributed by atoms with van der Waals surface area (Å²) in [5, 5.41) is 16.9. The van der Waals surface area contributed by atoms with Crippen molar-refractivity contribution in [3.8, 4) is 0 Å². The topological polar surface area (TPSA) is 40.5 Å². The maximum Gasteiger partial charge on any atom is 0.0692 e. The van der Waals surface area contributed by atoms with Crippen LogP contribution < -0.4 is 0 Å². The molecule has 0 aromatic heterocycles. The Morgan fingerprint density at radius 2 is 2.25 bits per heavy atom. The van der Waals surface area contributed by atoms with Gasteiger partial charge in [0.05, 0.1) is 6.10 Å². The lowest BCUT2D eigenvalue weighted by Crippen LogP contribution is -1.91. The van der Waals surface area contributed by atoms with E-state index < -0.39 is 0 Å². The van der Waals surface area contributed by atoms with Crippen molar-refractivity contribution in [1.82, 2.24) is 0 Å². The number of aliphatic hydroxyl groups excluding tert-OH is 2. The molecule has 0 aromatic carbocycles. The van der Waals surface area contributed by atoms with Crippen LogP contribution in [0.3, 0.4) is 0 Å². The molecule has 0 aromatic rings. The van der Waals surface area contributed by atoms with E-state index in [9.17, 15) is 0 Å². The molecule has 0 spiro atoms. The Balaban J connectivity index is 3.07. The molecule has 0 aliphatic rings. The normalized spacial score (nSPS) is 14.9. The zero-order valence-corrected chi connectivity index (χ0v) is 5.04. The first-order valence-corrected chi connectivity index (χ1v) is 2.73. The van der Waals surface area contributed by atoms with Crippen molar-refractivity contribution in [2.24, 2.45) is 0 Å². The van der Waals surface area contributed by atoms with Crippen LogP contribution in [-0.4, -0.2) is 22.9 Å². The molecule has 0 amide bonds. The van der Waals surface area contributed by atoms with Crippen LogP contribution >= 0.6 is 0 Å². The van der Waals surface area contributed by atoms with Crippen molar-refractivity contribution >= 4 is 0 Å². The van der Waals surface area contributed by atoms with Crippen molar-refractivity contribution in [2.75, 3.05) is 6.61 Å². The minimum Gasteiger partial charge on any atom is -0.396 e. The molecule has 0 aliphatic heterocycles. The third-order valence-corrected chi connectivity index (χ3v) is 0.710. The first-order valence-electron chi connectivity index (χ1n) is 2.73. The molecule has 0 rings (SSSR count). The SMILES string of the molecule is CC(O)/C=C/CCO. The molecule has 2 N–H and O–H groups in total. The minimum atomic E-state index is -0.387. The highest BCUT2D eigenvalue weighted by Gasteiger charge is 1.81. The number of rotatable bonds is 3. The summed E-state index contributed by atoms with van der Waals surface area (Å²) in [6.07, 6.45) is 3.65. The van der Waals surface area contributed by atoms with Crippen LogP contribution in [0.1, 0.15) is 13.3 Å². The molecule has 0 fully saturated rings. The standard InChI is InChI=1S/C6H12O2/c1-6(8)4-2-3-5-7/h2,4,6-8H,3,5H2,1H3/b4-2+. The van der Waals surface area contributed by atoms with Gasteiger partial charge in [0.15, 0.2) is 0 Å². The zero-order chi connectivity index (χ0) is 6.41. The molecule has 2 heteroatoms. The molecule has 2 nitrogen and oxygen atoms in total. The van der Waals surface area contributed by atoms with Crippen LogP contribution in [0, 0.1) is 0 Å². The quantitative estimate of drug-likeness (QED) is 0.521. The van der Waals surface area contributed by atoms with Gasteiger partial charge in [-0.25, -0.2) is 0 Å². The van der Waals surface area contributed by atoms with E-state index in [1.165, 1.54) is 0 Å². The Morgan fingerprint density at radius 3 is 2.62 bits per heavy atom. The van der Waals surface area contributed by atoms with Gasteiger partial charge >= 0.3 is 0 Å². The summed E-state index contributed by atoms with van der Waals surface area (Å²) in [5.41, 5.74) is 0. The first kappa shape index (κ1) is 7.66. The largest absolute Gasteiger partial charge is 0.396 e. The van der Waals surface area contributed by atoms with Crippen molar-refractivity contribution in [2.45, 2.75) is 19.4 Å². The zero-order valence-electron chi connectivity index (χ0n) is 5.04. The number of hydrogen-bond acceptors (Lipinski definition) is 2. The Morgan fingerprint density at radius 1 is 1.62 bits per heavy atom. The monoisotopic (exact) mass is 116 g/mol. The van der Waals surface area contributed by atoms with Crippen molar-refractivity contribution in [1.29, 1.82) is 0 Å². The molecule has 0 saturated carbocycles. The van der Waals surface area contributed by atoms with Crippen molar-refractivity contribution in [3.05, 3.63) is 12.2 Å². The molecule has 1 atom stereocenters. The summed E-state index contributed by atoms with van der Waals surface area (Å²) < 4.78 is 0. The van der Waals surface area contributed by atoms with Crippen LogP contribution in [0.2, 0.25) is 0 Å². The molecule has 48 valence electrons. The fraction of sp³-hybridized carbons (Fsp3) is 0.667. The lowest BCUT2D eigenvalue weighted by Gasteiger charge is -1.90. The smallest absolute Gasteiger partial charge is 0.0692 e. The molecular formula is C6H12O2. The van der Waals surface area contributed by atoms with E-state index in [0.717, 1.165) is 0 Å². The third kappa shape index (κ3) is 5.66. The molecule has 0 radical (unpaired) electrons. The van der Waals surface area contributed by atoms with E-state index >= 15 is 0 Å². The molecule has 0 heterocycles. The minimum absolute atomic E-state index is 0.156. The molecule has 1 unspecified atom stereocenters. The lowest BCUT2D eigenvalue weighted by molar-refractivity contribution is 0.243. The second-order valence-corrected chi connectivity index (χ2v) is 1.68. The van der Waals surface area contributed by atoms with Crippen molar-refractivity contribution < 1.29 is 10.2 Å². The molecular weight excluding hydrogens is 104 g/mol. The summed E-state index contributed by atoms with van der Waals surface area (Å²) in [6, 6.07) is 0. The first-order chi connectivity index (χ1) is 3.77. The van der Waals surface area contributed by atoms with Gasteiger partial charge in [-0.15, -0.1) is 0 Å². The molecule has 0 bridgehead atoms. The third-order valence-electron chi connectivity index (χ3n) is 0.710. The van der Waals surface area contributed by atoms with Gasteiger partial charge < -0.3 is 10.2 Å². The Bertz CT molecular complexity index is 66.9. The van der Waals surface area contributed by atoms with Crippen molar-refractivity contribution in [3.63, 3.8) is 0 Å². The Hall–Kier alpha value is -0.340. The van der Waals surface area contributed by atoms with E-state index in [4.69, 9.17) is 10.2 Å². The average molecular weight is 116 g/mol. The van der Waals surface area contributed by atoms with Gasteiger partial charge in [0, 0.05) is 6.61 Å². The van der Waals surface area contributed by atoms with Gasteiger partial charge in [0.1, 0.15) is 0 Å². The van der Waals surface area contributed by atoms with Gasteiger partial charge in [-0.3, -0.25) is 0 Å². The van der Waals surface area contributed by atoms with E-state index in [0.29, 0.717) is 6.42 Å². The Kier molecular flexibility index (Phi) is 4.61. The molecule has 8 heavy (non-hydrogen) atoms. The lowest BCUT2D eigenvalue weighted by atomic mass is 10.3. The highest BCUT2D eigenvalue weighted by molar-refractivity contribution is 4.85. The van der Waals surface area contributed by atoms with E-state index in [-0.39, 0.29) is 12.7 Å². The Labute approximate surface area is 49.5 Å². The molecule has 0 aliphatic carbocycles. The highest BCUT2D eigenvalue weighted by atomic mass is 16.3. The highest BCUT2D eigenvalue weighted by Crippen LogP contribution is 1.84. The fourth-order valence-corrected chi connectivity index (χ4v) is 0.368. The van der Waals surface area contributed by atoms with Crippen LogP contribution in [0.4, 0.5) is 0 Å². The summed E-state index contributed by atoms with van der Waals surface area (Å²) >= 11 is 0. The van der Waals surface area contributed by atoms with Crippen LogP contribution in [-0.2, 0) is 0 Å². The van der Waals surface area contributed by atoms with E-state index in [1.807, 2.05) is 0 Å². The maximum atomic E-state index is 8.61. The maximum absolute atomic E-state index is 8.61. The average Bonchev–Trinajstić information content (AvgIpc) is 1.66. The number of hydrogen-bond donors (Lipinski definition) is 2. The summed E-state index contributed by atoms with van der Waals surface area (Å²) in [4.78, 5) is 0. The van der Waals surface area contributed by atoms with E-state index in [1.54, 1.807) is 19.1 Å². The summed E-state index contributed by atoms with van der Waals surface area (Å²) in [6.45, 7) is 1.83. The second-order valence-electron chi connectivity index (χ2n) is 1.68. The van der Waals surface area contributed by atoms with Crippen LogP contribution in [0.5, 0.6) is 0 Å². The number of aliphatic hydroxyl groups is 2. The van der Waals surface area contributed by atoms with Gasteiger partial charge in [0.25, 0.3) is 0 Å². The van der Waals surface area contributed by atoms with Gasteiger partial charge in [0.2, 0.25) is 0 Å². The predicted octanol–water partition coefficient (Wildman–Crippen LogP) is 0.306. The predicted molar refractivity (Wildman–Crippen MR) is 32.5 cm³/mol. The van der Waals surface area contributed by atoms with Gasteiger partial charge in [-0.1, -0.05) is 12.2 Å². The van der Waals surface area contributed by atoms with E-state index in [2.05, 4.69) is 0 Å².